The zero-order chi connectivity index (χ0) is 22.6. The number of piperazine rings is 1. The summed E-state index contributed by atoms with van der Waals surface area (Å²) in [5, 5.41) is 0. The maximum atomic E-state index is 13.3. The van der Waals surface area contributed by atoms with E-state index >= 15 is 0 Å². The fourth-order valence-corrected chi connectivity index (χ4v) is 5.95. The van der Waals surface area contributed by atoms with Gasteiger partial charge in [0.1, 0.15) is 5.75 Å². The smallest absolute Gasteiger partial charge is 0.243 e. The van der Waals surface area contributed by atoms with E-state index < -0.39 is 10.0 Å². The van der Waals surface area contributed by atoms with E-state index in [1.165, 1.54) is 11.1 Å². The van der Waals surface area contributed by atoms with Crippen LogP contribution in [0.2, 0.25) is 0 Å². The molecule has 1 aliphatic heterocycles. The largest absolute Gasteiger partial charge is 0.493 e. The average Bonchev–Trinajstić information content (AvgIpc) is 2.82. The highest BCUT2D eigenvalue weighted by atomic mass is 79.9. The zero-order valence-corrected chi connectivity index (χ0v) is 20.4. The molecule has 0 radical (unpaired) electrons. The van der Waals surface area contributed by atoms with E-state index in [-0.39, 0.29) is 10.9 Å². The van der Waals surface area contributed by atoms with Gasteiger partial charge in [0.05, 0.1) is 22.0 Å². The molecule has 0 aliphatic carbocycles. The van der Waals surface area contributed by atoms with Crippen molar-refractivity contribution in [3.05, 3.63) is 94.5 Å². The number of halogens is 1. The van der Waals surface area contributed by atoms with Gasteiger partial charge in [-0.25, -0.2) is 8.42 Å². The third-order valence-electron chi connectivity index (χ3n) is 5.71. The standard InChI is InChI=1S/C25H27BrN2O3S/c1-2-31-24-19-22(13-14-23(24)26)32(29,30)28-17-15-27(16-18-28)25(20-9-5-3-6-10-20)21-11-7-4-8-12-21/h3-14,19,25H,2,15-18H2,1H3. The molecule has 0 aromatic heterocycles. The molecule has 0 N–H and O–H groups in total. The number of sulfonamides is 1. The summed E-state index contributed by atoms with van der Waals surface area (Å²) in [6.07, 6.45) is 0. The highest BCUT2D eigenvalue weighted by Crippen LogP contribution is 2.32. The molecular formula is C25H27BrN2O3S. The van der Waals surface area contributed by atoms with E-state index in [0.717, 1.165) is 4.47 Å². The van der Waals surface area contributed by atoms with Gasteiger partial charge in [-0.05, 0) is 46.1 Å². The Balaban J connectivity index is 1.54. The molecule has 3 aromatic rings. The van der Waals surface area contributed by atoms with Crippen molar-refractivity contribution in [2.24, 2.45) is 0 Å². The summed E-state index contributed by atoms with van der Waals surface area (Å²) in [6, 6.07) is 25.8. The van der Waals surface area contributed by atoms with Crippen LogP contribution in [0, 0.1) is 0 Å². The van der Waals surface area contributed by atoms with Crippen molar-refractivity contribution in [2.45, 2.75) is 17.9 Å². The van der Waals surface area contributed by atoms with E-state index in [9.17, 15) is 8.42 Å². The van der Waals surface area contributed by atoms with E-state index in [0.29, 0.717) is 38.5 Å². The molecule has 0 amide bonds. The second kappa shape index (κ2) is 10.2. The van der Waals surface area contributed by atoms with Crippen LogP contribution in [0.1, 0.15) is 24.1 Å². The molecule has 1 heterocycles. The number of ether oxygens (including phenoxy) is 1. The SMILES string of the molecule is CCOc1cc(S(=O)(=O)N2CCN(C(c3ccccc3)c3ccccc3)CC2)ccc1Br. The highest BCUT2D eigenvalue weighted by molar-refractivity contribution is 9.10. The molecule has 32 heavy (non-hydrogen) atoms. The Kier molecular flexibility index (Phi) is 7.30. The summed E-state index contributed by atoms with van der Waals surface area (Å²) in [5.74, 6) is 0.542. The van der Waals surface area contributed by atoms with Gasteiger partial charge in [0.15, 0.2) is 0 Å². The molecule has 4 rings (SSSR count). The molecule has 3 aromatic carbocycles. The first-order valence-corrected chi connectivity index (χ1v) is 13.0. The molecular weight excluding hydrogens is 488 g/mol. The lowest BCUT2D eigenvalue weighted by molar-refractivity contribution is 0.156. The minimum absolute atomic E-state index is 0.0968. The number of rotatable bonds is 7. The van der Waals surface area contributed by atoms with Gasteiger partial charge in [-0.3, -0.25) is 4.90 Å². The van der Waals surface area contributed by atoms with E-state index in [1.807, 2.05) is 19.1 Å². The highest BCUT2D eigenvalue weighted by Gasteiger charge is 2.32. The van der Waals surface area contributed by atoms with Crippen LogP contribution in [-0.4, -0.2) is 50.4 Å². The molecule has 0 spiro atoms. The van der Waals surface area contributed by atoms with Gasteiger partial charge in [-0.2, -0.15) is 4.31 Å². The Morgan fingerprint density at radius 2 is 1.44 bits per heavy atom. The van der Waals surface area contributed by atoms with Gasteiger partial charge < -0.3 is 4.74 Å². The fourth-order valence-electron chi connectivity index (χ4n) is 4.15. The van der Waals surface area contributed by atoms with Crippen molar-refractivity contribution in [3.8, 4) is 5.75 Å². The Morgan fingerprint density at radius 1 is 0.875 bits per heavy atom. The topological polar surface area (TPSA) is 49.9 Å². The van der Waals surface area contributed by atoms with Gasteiger partial charge in [0.25, 0.3) is 0 Å². The van der Waals surface area contributed by atoms with Crippen LogP contribution in [0.5, 0.6) is 5.75 Å². The number of hydrogen-bond donors (Lipinski definition) is 0. The van der Waals surface area contributed by atoms with E-state index in [2.05, 4.69) is 69.4 Å². The monoisotopic (exact) mass is 514 g/mol. The van der Waals surface area contributed by atoms with Crippen molar-refractivity contribution in [1.82, 2.24) is 9.21 Å². The van der Waals surface area contributed by atoms with Gasteiger partial charge in [-0.15, -0.1) is 0 Å². The summed E-state index contributed by atoms with van der Waals surface area (Å²) in [4.78, 5) is 2.63. The molecule has 0 atom stereocenters. The second-order valence-corrected chi connectivity index (χ2v) is 10.5. The molecule has 7 heteroatoms. The minimum Gasteiger partial charge on any atom is -0.493 e. The average molecular weight is 515 g/mol. The summed E-state index contributed by atoms with van der Waals surface area (Å²) >= 11 is 3.42. The van der Waals surface area contributed by atoms with Crippen LogP contribution >= 0.6 is 15.9 Å². The summed E-state index contributed by atoms with van der Waals surface area (Å²) < 4.78 is 34.5. The molecule has 5 nitrogen and oxygen atoms in total. The van der Waals surface area contributed by atoms with Crippen molar-refractivity contribution in [3.63, 3.8) is 0 Å². The first-order valence-electron chi connectivity index (χ1n) is 10.8. The Hall–Kier alpha value is -2.19. The molecule has 1 aliphatic rings. The summed E-state index contributed by atoms with van der Waals surface area (Å²) in [6.45, 7) is 4.55. The fraction of sp³-hybridized carbons (Fsp3) is 0.280. The van der Waals surface area contributed by atoms with Crippen LogP contribution in [0.15, 0.2) is 88.2 Å². The first kappa shape index (κ1) is 23.0. The number of nitrogens with zero attached hydrogens (tertiary/aromatic N) is 2. The molecule has 168 valence electrons. The zero-order valence-electron chi connectivity index (χ0n) is 18.0. The third kappa shape index (κ3) is 4.91. The van der Waals surface area contributed by atoms with Gasteiger partial charge >= 0.3 is 0 Å². The van der Waals surface area contributed by atoms with Crippen molar-refractivity contribution < 1.29 is 13.2 Å². The lowest BCUT2D eigenvalue weighted by atomic mass is 9.96. The Morgan fingerprint density at radius 3 is 1.97 bits per heavy atom. The number of benzene rings is 3. The maximum Gasteiger partial charge on any atom is 0.243 e. The quantitative estimate of drug-likeness (QED) is 0.447. The van der Waals surface area contributed by atoms with Crippen molar-refractivity contribution in [1.29, 1.82) is 0 Å². The molecule has 0 bridgehead atoms. The van der Waals surface area contributed by atoms with Crippen LogP contribution in [0.3, 0.4) is 0 Å². The Bertz CT molecular complexity index is 1090. The van der Waals surface area contributed by atoms with Crippen LogP contribution in [0.25, 0.3) is 0 Å². The summed E-state index contributed by atoms with van der Waals surface area (Å²) in [7, 11) is -3.59. The maximum absolute atomic E-state index is 13.3. The third-order valence-corrected chi connectivity index (χ3v) is 8.26. The Labute approximate surface area is 198 Å². The predicted octanol–water partition coefficient (Wildman–Crippen LogP) is 4.94. The number of hydrogen-bond acceptors (Lipinski definition) is 4. The first-order chi connectivity index (χ1) is 15.5. The van der Waals surface area contributed by atoms with Crippen molar-refractivity contribution >= 4 is 26.0 Å². The second-order valence-electron chi connectivity index (χ2n) is 7.69. The molecule has 1 fully saturated rings. The molecule has 0 saturated carbocycles. The van der Waals surface area contributed by atoms with Gasteiger partial charge in [0.2, 0.25) is 10.0 Å². The van der Waals surface area contributed by atoms with E-state index in [4.69, 9.17) is 4.74 Å². The summed E-state index contributed by atoms with van der Waals surface area (Å²) in [5.41, 5.74) is 2.42. The lowest BCUT2D eigenvalue weighted by Crippen LogP contribution is -2.49. The van der Waals surface area contributed by atoms with Crippen LogP contribution in [-0.2, 0) is 10.0 Å². The molecule has 1 saturated heterocycles. The lowest BCUT2D eigenvalue weighted by Gasteiger charge is -2.39. The normalized spacial score (nSPS) is 15.7. The van der Waals surface area contributed by atoms with Crippen LogP contribution in [0.4, 0.5) is 0 Å². The van der Waals surface area contributed by atoms with Gasteiger partial charge in [0, 0.05) is 32.2 Å². The van der Waals surface area contributed by atoms with Crippen molar-refractivity contribution in [2.75, 3.05) is 32.8 Å². The predicted molar refractivity (Wildman–Crippen MR) is 130 cm³/mol. The molecule has 0 unspecified atom stereocenters. The minimum atomic E-state index is -3.59. The van der Waals surface area contributed by atoms with E-state index in [1.54, 1.807) is 22.5 Å². The van der Waals surface area contributed by atoms with Crippen LogP contribution < -0.4 is 4.74 Å². The van der Waals surface area contributed by atoms with Gasteiger partial charge in [-0.1, -0.05) is 60.7 Å².